The predicted molar refractivity (Wildman–Crippen MR) is 119 cm³/mol. The van der Waals surface area contributed by atoms with Gasteiger partial charge in [0, 0.05) is 10.6 Å². The summed E-state index contributed by atoms with van der Waals surface area (Å²) in [5.41, 5.74) is 3.38. The summed E-state index contributed by atoms with van der Waals surface area (Å²) in [6, 6.07) is 22.1. The highest BCUT2D eigenvalue weighted by atomic mass is 35.5. The summed E-state index contributed by atoms with van der Waals surface area (Å²) in [7, 11) is 0. The average molecular weight is 506 g/mol. The lowest BCUT2D eigenvalue weighted by molar-refractivity contribution is -0.514. The van der Waals surface area contributed by atoms with Crippen LogP contribution in [0, 0.1) is 0 Å². The molecule has 2 aromatic carbocycles. The Balaban J connectivity index is 0.000000429. The first-order valence-corrected chi connectivity index (χ1v) is 10.5. The first kappa shape index (κ1) is 25.7. The second kappa shape index (κ2) is 11.0. The number of carboxylic acids is 1. The van der Waals surface area contributed by atoms with E-state index in [0.717, 1.165) is 22.3 Å². The number of amides is 1. The summed E-state index contributed by atoms with van der Waals surface area (Å²) in [6.45, 7) is -0.194. The molecule has 4 rings (SSSR count). The number of imidazole rings is 1. The molecule has 0 saturated carbocycles. The molecule has 0 unspecified atom stereocenters. The zero-order valence-corrected chi connectivity index (χ0v) is 18.7. The number of nitrogens with zero attached hydrogens (tertiary/aromatic N) is 1. The number of aliphatic hydroxyl groups excluding tert-OH is 1. The Labute approximate surface area is 202 Å². The smallest absolute Gasteiger partial charge is 0.430 e. The Morgan fingerprint density at radius 2 is 1.71 bits per heavy atom. The molecule has 1 amide bonds. The second-order valence-corrected chi connectivity index (χ2v) is 7.66. The first-order valence-electron chi connectivity index (χ1n) is 10.1. The lowest BCUT2D eigenvalue weighted by atomic mass is 10.1. The maximum atomic E-state index is 13.0. The number of carbonyl (C=O) groups excluding carboxylic acids is 2. The second-order valence-electron chi connectivity index (χ2n) is 7.22. The van der Waals surface area contributed by atoms with Crippen molar-refractivity contribution < 1.29 is 37.4 Å². The van der Waals surface area contributed by atoms with Crippen molar-refractivity contribution in [1.82, 2.24) is 10.3 Å². The minimum Gasteiger partial charge on any atom is -0.542 e. The van der Waals surface area contributed by atoms with Gasteiger partial charge in [-0.1, -0.05) is 60.1 Å². The molecule has 0 aliphatic heterocycles. The van der Waals surface area contributed by atoms with Crippen LogP contribution < -0.4 is 14.8 Å². The number of alkyl halides is 3. The van der Waals surface area contributed by atoms with Gasteiger partial charge in [-0.15, -0.1) is 0 Å². The number of H-pyrrole nitrogens is 1. The van der Waals surface area contributed by atoms with Crippen molar-refractivity contribution in [2.75, 3.05) is 6.61 Å². The molecule has 0 bridgehead atoms. The number of aliphatic hydroxyl groups is 1. The number of halogens is 4. The van der Waals surface area contributed by atoms with Crippen LogP contribution in [0.15, 0.2) is 79.0 Å². The van der Waals surface area contributed by atoms with Crippen LogP contribution in [0.2, 0.25) is 5.02 Å². The van der Waals surface area contributed by atoms with Gasteiger partial charge in [0.25, 0.3) is 0 Å². The van der Waals surface area contributed by atoms with Crippen LogP contribution in [0.25, 0.3) is 16.8 Å². The Morgan fingerprint density at radius 3 is 2.31 bits per heavy atom. The molecular formula is C24H19ClF3N3O4. The molecular weight excluding hydrogens is 487 g/mol. The average Bonchev–Trinajstić information content (AvgIpc) is 3.23. The number of carboxylic acid groups (broad SMARTS) is 1. The van der Waals surface area contributed by atoms with Crippen LogP contribution in [0.4, 0.5) is 13.2 Å². The van der Waals surface area contributed by atoms with Gasteiger partial charge in [0.1, 0.15) is 5.97 Å². The minimum atomic E-state index is -5.19. The normalized spacial score (nSPS) is 11.9. The van der Waals surface area contributed by atoms with E-state index in [1.807, 2.05) is 79.0 Å². The maximum Gasteiger partial charge on any atom is 0.430 e. The van der Waals surface area contributed by atoms with Gasteiger partial charge in [-0.05, 0) is 29.8 Å². The number of aliphatic carboxylic acids is 1. The number of fused-ring (bicyclic) bond motifs is 1. The summed E-state index contributed by atoms with van der Waals surface area (Å²) in [4.78, 5) is 25.0. The van der Waals surface area contributed by atoms with E-state index < -0.39 is 18.2 Å². The van der Waals surface area contributed by atoms with Gasteiger partial charge in [0.2, 0.25) is 0 Å². The highest BCUT2D eigenvalue weighted by Gasteiger charge is 2.29. The Morgan fingerprint density at radius 1 is 1.06 bits per heavy atom. The molecule has 0 fully saturated rings. The standard InChI is InChI=1S/C22H18ClN3O2.C2HF3O2/c23-17-10-6-9-16(13-17)20-19-11-4-5-12-26(19)21(25-20)22(28)24-18(14-27)15-7-2-1-3-8-15;3-2(4,5)1(6)7/h1-13,18,27H,14H2,(H,24,28);(H,6,7)/t18-;/m1./s1. The lowest BCUT2D eigenvalue weighted by Crippen LogP contribution is -2.38. The van der Waals surface area contributed by atoms with E-state index in [2.05, 4.69) is 10.3 Å². The largest absolute Gasteiger partial charge is 0.542 e. The van der Waals surface area contributed by atoms with Crippen molar-refractivity contribution in [3.8, 4) is 11.3 Å². The van der Waals surface area contributed by atoms with Crippen LogP contribution in [-0.2, 0) is 4.79 Å². The third-order valence-corrected chi connectivity index (χ3v) is 5.09. The van der Waals surface area contributed by atoms with E-state index >= 15 is 0 Å². The molecule has 2 aromatic heterocycles. The van der Waals surface area contributed by atoms with Crippen molar-refractivity contribution in [3.63, 3.8) is 0 Å². The molecule has 0 aliphatic rings. The predicted octanol–water partition coefficient (Wildman–Crippen LogP) is 2.84. The van der Waals surface area contributed by atoms with Gasteiger partial charge in [0.05, 0.1) is 18.8 Å². The molecule has 0 radical (unpaired) electrons. The molecule has 7 nitrogen and oxygen atoms in total. The molecule has 0 saturated heterocycles. The zero-order valence-electron chi connectivity index (χ0n) is 17.9. The van der Waals surface area contributed by atoms with E-state index in [9.17, 15) is 23.1 Å². The number of pyridine rings is 1. The van der Waals surface area contributed by atoms with Crippen molar-refractivity contribution in [1.29, 1.82) is 0 Å². The van der Waals surface area contributed by atoms with Gasteiger partial charge < -0.3 is 20.3 Å². The number of hydrogen-bond donors (Lipinski definition) is 3. The maximum absolute atomic E-state index is 13.0. The first-order chi connectivity index (χ1) is 16.6. The van der Waals surface area contributed by atoms with E-state index in [0.29, 0.717) is 10.8 Å². The SMILES string of the molecule is O=C(N[C@H](CO)c1ccccc1)c1[nH]c(-c2cccc(Cl)c2)c2cccc[n+]12.O=C([O-])C(F)(F)F. The Hall–Kier alpha value is -3.89. The van der Waals surface area contributed by atoms with Gasteiger partial charge in [-0.2, -0.15) is 17.6 Å². The highest BCUT2D eigenvalue weighted by molar-refractivity contribution is 6.30. The highest BCUT2D eigenvalue weighted by Crippen LogP contribution is 2.24. The fourth-order valence-electron chi connectivity index (χ4n) is 3.26. The number of nitrogens with one attached hydrogen (secondary N) is 2. The fourth-order valence-corrected chi connectivity index (χ4v) is 3.45. The fraction of sp³-hybridized carbons (Fsp3) is 0.125. The number of hydrogen-bond acceptors (Lipinski definition) is 4. The van der Waals surface area contributed by atoms with Crippen LogP contribution in [-0.4, -0.2) is 34.8 Å². The van der Waals surface area contributed by atoms with E-state index in [4.69, 9.17) is 21.5 Å². The summed E-state index contributed by atoms with van der Waals surface area (Å²) in [5, 5.41) is 22.1. The molecule has 3 N–H and O–H groups in total. The number of carbonyl (C=O) groups is 2. The zero-order chi connectivity index (χ0) is 25.6. The number of aromatic amines is 1. The minimum absolute atomic E-state index is 0.194. The molecule has 11 heteroatoms. The van der Waals surface area contributed by atoms with Crippen molar-refractivity contribution in [2.24, 2.45) is 0 Å². The summed E-state index contributed by atoms with van der Waals surface area (Å²) in [5.74, 6) is -2.94. The molecule has 182 valence electrons. The molecule has 1 atom stereocenters. The van der Waals surface area contributed by atoms with Gasteiger partial charge in [-0.3, -0.25) is 4.79 Å². The number of benzene rings is 2. The summed E-state index contributed by atoms with van der Waals surface area (Å²) < 4.78 is 33.3. The van der Waals surface area contributed by atoms with Crippen LogP contribution in [0.5, 0.6) is 0 Å². The molecule has 0 spiro atoms. The quantitative estimate of drug-likeness (QED) is 0.362. The molecule has 0 aliphatic carbocycles. The van der Waals surface area contributed by atoms with E-state index in [1.165, 1.54) is 0 Å². The Bertz CT molecular complexity index is 1330. The molecule has 4 aromatic rings. The van der Waals surface area contributed by atoms with Crippen LogP contribution in [0.1, 0.15) is 22.2 Å². The molecule has 2 heterocycles. The number of aromatic nitrogens is 2. The lowest BCUT2D eigenvalue weighted by Gasteiger charge is -2.14. The van der Waals surface area contributed by atoms with Gasteiger partial charge in [0.15, 0.2) is 11.2 Å². The Kier molecular flexibility index (Phi) is 8.10. The molecule has 35 heavy (non-hydrogen) atoms. The van der Waals surface area contributed by atoms with Gasteiger partial charge in [-0.25, -0.2) is 4.98 Å². The monoisotopic (exact) mass is 505 g/mol. The third kappa shape index (κ3) is 6.37. The van der Waals surface area contributed by atoms with E-state index in [-0.39, 0.29) is 12.5 Å². The third-order valence-electron chi connectivity index (χ3n) is 4.85. The topological polar surface area (TPSA) is 109 Å². The number of rotatable bonds is 5. The van der Waals surface area contributed by atoms with Crippen molar-refractivity contribution in [2.45, 2.75) is 12.2 Å². The van der Waals surface area contributed by atoms with Crippen LogP contribution in [0.3, 0.4) is 0 Å². The van der Waals surface area contributed by atoms with E-state index in [1.54, 1.807) is 4.40 Å². The van der Waals surface area contributed by atoms with Crippen molar-refractivity contribution in [3.05, 3.63) is 95.4 Å². The summed E-state index contributed by atoms with van der Waals surface area (Å²) in [6.07, 6.45) is -3.37. The summed E-state index contributed by atoms with van der Waals surface area (Å²) >= 11 is 6.14. The van der Waals surface area contributed by atoms with Gasteiger partial charge >= 0.3 is 17.9 Å². The van der Waals surface area contributed by atoms with Crippen molar-refractivity contribution >= 4 is 29.0 Å². The van der Waals surface area contributed by atoms with Crippen LogP contribution >= 0.6 is 11.6 Å².